The van der Waals surface area contributed by atoms with Crippen LogP contribution in [0.2, 0.25) is 0 Å². The zero-order valence-electron chi connectivity index (χ0n) is 19.9. The lowest BCUT2D eigenvalue weighted by molar-refractivity contribution is -0.151. The molecule has 0 saturated heterocycles. The monoisotopic (exact) mass is 448 g/mol. The maximum absolute atomic E-state index is 12.7. The Hall–Kier alpha value is -3.41. The van der Waals surface area contributed by atoms with Crippen LogP contribution in [0.25, 0.3) is 0 Å². The number of anilines is 1. The second kappa shape index (κ2) is 10.0. The van der Waals surface area contributed by atoms with Gasteiger partial charge in [-0.05, 0) is 23.1 Å². The SMILES string of the molecule is CC(C)C(NC(=O)Cc1ccccc1)C(=O)OCC(=O)C=C1N(C)c2ccccc2C1(C)C. The summed E-state index contributed by atoms with van der Waals surface area (Å²) < 4.78 is 5.30. The summed E-state index contributed by atoms with van der Waals surface area (Å²) in [6, 6.07) is 16.5. The second-order valence-electron chi connectivity index (χ2n) is 9.26. The topological polar surface area (TPSA) is 75.7 Å². The molecule has 1 aliphatic rings. The number of carbonyl (C=O) groups is 3. The van der Waals surface area contributed by atoms with Crippen molar-refractivity contribution in [3.05, 3.63) is 77.5 Å². The Labute approximate surface area is 195 Å². The first-order valence-electron chi connectivity index (χ1n) is 11.2. The highest BCUT2D eigenvalue weighted by Gasteiger charge is 2.38. The van der Waals surface area contributed by atoms with Crippen molar-refractivity contribution >= 4 is 23.3 Å². The number of allylic oxidation sites excluding steroid dienone is 1. The first-order chi connectivity index (χ1) is 15.6. The normalized spacial score (nSPS) is 16.4. The number of esters is 1. The molecule has 1 atom stereocenters. The smallest absolute Gasteiger partial charge is 0.329 e. The molecule has 6 nitrogen and oxygen atoms in total. The van der Waals surface area contributed by atoms with Crippen LogP contribution in [0, 0.1) is 5.92 Å². The number of nitrogens with one attached hydrogen (secondary N) is 1. The minimum atomic E-state index is -0.823. The van der Waals surface area contributed by atoms with E-state index in [-0.39, 0.29) is 36.1 Å². The van der Waals surface area contributed by atoms with Gasteiger partial charge in [0.1, 0.15) is 6.04 Å². The minimum absolute atomic E-state index is 0.171. The van der Waals surface area contributed by atoms with E-state index in [1.807, 2.05) is 74.3 Å². The molecule has 6 heteroatoms. The number of nitrogens with zero attached hydrogens (tertiary/aromatic N) is 1. The summed E-state index contributed by atoms with van der Waals surface area (Å²) in [6.07, 6.45) is 1.72. The van der Waals surface area contributed by atoms with Gasteiger partial charge in [0.15, 0.2) is 12.4 Å². The third-order valence-corrected chi connectivity index (χ3v) is 6.04. The van der Waals surface area contributed by atoms with Crippen LogP contribution >= 0.6 is 0 Å². The molecule has 2 aromatic carbocycles. The molecule has 0 aliphatic carbocycles. The van der Waals surface area contributed by atoms with Gasteiger partial charge >= 0.3 is 5.97 Å². The molecular formula is C27H32N2O4. The Kier molecular flexibility index (Phi) is 7.36. The number of rotatable bonds is 8. The lowest BCUT2D eigenvalue weighted by atomic mass is 9.83. The molecule has 0 saturated carbocycles. The van der Waals surface area contributed by atoms with Crippen LogP contribution in [0.4, 0.5) is 5.69 Å². The summed E-state index contributed by atoms with van der Waals surface area (Å²) in [5.41, 5.74) is 3.57. The molecule has 0 spiro atoms. The van der Waals surface area contributed by atoms with E-state index in [2.05, 4.69) is 25.2 Å². The van der Waals surface area contributed by atoms with Crippen LogP contribution in [0.3, 0.4) is 0 Å². The molecule has 1 amide bonds. The highest BCUT2D eigenvalue weighted by atomic mass is 16.5. The fourth-order valence-electron chi connectivity index (χ4n) is 4.19. The molecule has 1 N–H and O–H groups in total. The average Bonchev–Trinajstić information content (AvgIpc) is 2.97. The predicted octanol–water partition coefficient (Wildman–Crippen LogP) is 3.79. The van der Waals surface area contributed by atoms with Crippen molar-refractivity contribution in [2.45, 2.75) is 45.6 Å². The highest BCUT2D eigenvalue weighted by molar-refractivity contribution is 5.95. The van der Waals surface area contributed by atoms with Crippen molar-refractivity contribution in [1.29, 1.82) is 0 Å². The van der Waals surface area contributed by atoms with Gasteiger partial charge in [-0.25, -0.2) is 4.79 Å². The van der Waals surface area contributed by atoms with Gasteiger partial charge in [-0.1, -0.05) is 76.2 Å². The van der Waals surface area contributed by atoms with Gasteiger partial charge in [0, 0.05) is 29.9 Å². The number of ketones is 1. The Morgan fingerprint density at radius 2 is 1.67 bits per heavy atom. The zero-order valence-corrected chi connectivity index (χ0v) is 19.9. The van der Waals surface area contributed by atoms with Crippen LogP contribution in [-0.2, 0) is 31.0 Å². The standard InChI is InChI=1S/C27H32N2O4/c1-18(2)25(28-24(31)15-19-11-7-6-8-12-19)26(32)33-17-20(30)16-23-27(3,4)21-13-9-10-14-22(21)29(23)5/h6-14,16,18,25H,15,17H2,1-5H3,(H,28,31). The number of benzene rings is 2. The molecule has 33 heavy (non-hydrogen) atoms. The number of hydrogen-bond acceptors (Lipinski definition) is 5. The number of hydrogen-bond donors (Lipinski definition) is 1. The quantitative estimate of drug-likeness (QED) is 0.491. The largest absolute Gasteiger partial charge is 0.456 e. The Morgan fingerprint density at radius 1 is 1.03 bits per heavy atom. The summed E-state index contributed by atoms with van der Waals surface area (Å²) in [4.78, 5) is 39.8. The van der Waals surface area contributed by atoms with Gasteiger partial charge in [0.25, 0.3) is 0 Å². The molecule has 0 fully saturated rings. The summed E-state index contributed by atoms with van der Waals surface area (Å²) >= 11 is 0. The molecule has 0 radical (unpaired) electrons. The molecule has 1 unspecified atom stereocenters. The van der Waals surface area contributed by atoms with E-state index in [1.165, 1.54) is 0 Å². The molecule has 3 rings (SSSR count). The van der Waals surface area contributed by atoms with Crippen molar-refractivity contribution < 1.29 is 19.1 Å². The maximum Gasteiger partial charge on any atom is 0.329 e. The first-order valence-corrected chi connectivity index (χ1v) is 11.2. The van der Waals surface area contributed by atoms with E-state index in [1.54, 1.807) is 6.08 Å². The van der Waals surface area contributed by atoms with Crippen LogP contribution in [0.5, 0.6) is 0 Å². The minimum Gasteiger partial charge on any atom is -0.456 e. The number of likely N-dealkylation sites (N-methyl/N-ethyl adjacent to an activating group) is 1. The summed E-state index contributed by atoms with van der Waals surface area (Å²) in [7, 11) is 1.93. The van der Waals surface area contributed by atoms with Crippen LogP contribution < -0.4 is 10.2 Å². The molecule has 1 heterocycles. The van der Waals surface area contributed by atoms with Crippen molar-refractivity contribution in [3.63, 3.8) is 0 Å². The fraction of sp³-hybridized carbons (Fsp3) is 0.370. The van der Waals surface area contributed by atoms with E-state index in [9.17, 15) is 14.4 Å². The molecule has 0 bridgehead atoms. The second-order valence-corrected chi connectivity index (χ2v) is 9.26. The number of amides is 1. The van der Waals surface area contributed by atoms with Crippen molar-refractivity contribution in [2.24, 2.45) is 5.92 Å². The van der Waals surface area contributed by atoms with Gasteiger partial charge in [0.05, 0.1) is 6.42 Å². The molecule has 0 aromatic heterocycles. The van der Waals surface area contributed by atoms with Gasteiger partial charge in [-0.3, -0.25) is 9.59 Å². The van der Waals surface area contributed by atoms with Crippen LogP contribution in [0.15, 0.2) is 66.4 Å². The predicted molar refractivity (Wildman–Crippen MR) is 129 cm³/mol. The Balaban J connectivity index is 1.61. The number of carbonyl (C=O) groups excluding carboxylic acids is 3. The van der Waals surface area contributed by atoms with Crippen LogP contribution in [0.1, 0.15) is 38.8 Å². The zero-order chi connectivity index (χ0) is 24.2. The Morgan fingerprint density at radius 3 is 2.30 bits per heavy atom. The summed E-state index contributed by atoms with van der Waals surface area (Å²) in [5, 5.41) is 2.75. The van der Waals surface area contributed by atoms with Gasteiger partial charge in [0.2, 0.25) is 5.91 Å². The van der Waals surface area contributed by atoms with E-state index < -0.39 is 12.0 Å². The third-order valence-electron chi connectivity index (χ3n) is 6.04. The van der Waals surface area contributed by atoms with Crippen molar-refractivity contribution in [2.75, 3.05) is 18.6 Å². The van der Waals surface area contributed by atoms with Gasteiger partial charge in [-0.15, -0.1) is 0 Å². The van der Waals surface area contributed by atoms with Gasteiger partial charge < -0.3 is 15.0 Å². The summed E-state index contributed by atoms with van der Waals surface area (Å²) in [5.74, 6) is -1.36. The fourth-order valence-corrected chi connectivity index (χ4v) is 4.19. The number of fused-ring (bicyclic) bond motifs is 1. The van der Waals surface area contributed by atoms with Crippen molar-refractivity contribution in [1.82, 2.24) is 5.32 Å². The molecular weight excluding hydrogens is 416 g/mol. The van der Waals surface area contributed by atoms with E-state index in [0.29, 0.717) is 0 Å². The van der Waals surface area contributed by atoms with E-state index in [4.69, 9.17) is 4.74 Å². The first kappa shape index (κ1) is 24.2. The summed E-state index contributed by atoms with van der Waals surface area (Å²) in [6.45, 7) is 7.41. The van der Waals surface area contributed by atoms with Crippen LogP contribution in [-0.4, -0.2) is 37.4 Å². The Bertz CT molecular complexity index is 1060. The van der Waals surface area contributed by atoms with Crippen molar-refractivity contribution in [3.8, 4) is 0 Å². The van der Waals surface area contributed by atoms with E-state index in [0.717, 1.165) is 22.5 Å². The molecule has 2 aromatic rings. The average molecular weight is 449 g/mol. The number of ether oxygens (including phenoxy) is 1. The molecule has 1 aliphatic heterocycles. The lowest BCUT2D eigenvalue weighted by Crippen LogP contribution is -2.46. The maximum atomic E-state index is 12.7. The third kappa shape index (κ3) is 5.51. The lowest BCUT2D eigenvalue weighted by Gasteiger charge is -2.24. The van der Waals surface area contributed by atoms with Gasteiger partial charge in [-0.2, -0.15) is 0 Å². The number of para-hydroxylation sites is 1. The molecule has 174 valence electrons. The highest BCUT2D eigenvalue weighted by Crippen LogP contribution is 2.46. The van der Waals surface area contributed by atoms with E-state index >= 15 is 0 Å².